The third-order valence-electron chi connectivity index (χ3n) is 4.20. The van der Waals surface area contributed by atoms with Gasteiger partial charge in [-0.15, -0.1) is 0 Å². The summed E-state index contributed by atoms with van der Waals surface area (Å²) in [5, 5.41) is 5.27. The molecule has 0 unspecified atom stereocenters. The second-order valence-corrected chi connectivity index (χ2v) is 6.93. The first-order valence-electron chi connectivity index (χ1n) is 9.21. The van der Waals surface area contributed by atoms with Gasteiger partial charge in [-0.1, -0.05) is 61.9 Å². The number of amides is 2. The highest BCUT2D eigenvalue weighted by Gasteiger charge is 2.25. The molecule has 6 nitrogen and oxygen atoms in total. The summed E-state index contributed by atoms with van der Waals surface area (Å²) < 4.78 is 5.14. The number of hydrogen-bond acceptors (Lipinski definition) is 4. The van der Waals surface area contributed by atoms with E-state index in [1.165, 1.54) is 0 Å². The molecule has 0 aliphatic rings. The number of rotatable bonds is 8. The van der Waals surface area contributed by atoms with Gasteiger partial charge in [0.1, 0.15) is 19.2 Å². The highest BCUT2D eigenvalue weighted by atomic mass is 16.5. The summed E-state index contributed by atoms with van der Waals surface area (Å²) in [4.78, 5) is 36.7. The summed E-state index contributed by atoms with van der Waals surface area (Å²) in [5.41, 5.74) is 2.39. The lowest BCUT2D eigenvalue weighted by Gasteiger charge is -2.21. The molecule has 0 aromatic heterocycles. The average Bonchev–Trinajstić information content (AvgIpc) is 2.69. The molecular weight excluding hydrogens is 356 g/mol. The highest BCUT2D eigenvalue weighted by Crippen LogP contribution is 2.07. The van der Waals surface area contributed by atoms with Crippen molar-refractivity contribution in [2.75, 3.05) is 6.54 Å². The van der Waals surface area contributed by atoms with Crippen molar-refractivity contribution in [1.29, 1.82) is 0 Å². The van der Waals surface area contributed by atoms with Crippen molar-refractivity contribution >= 4 is 17.8 Å². The first kappa shape index (κ1) is 21.2. The summed E-state index contributed by atoms with van der Waals surface area (Å²) in [6.45, 7) is 5.48. The van der Waals surface area contributed by atoms with Crippen molar-refractivity contribution in [3.63, 3.8) is 0 Å². The number of hydrogen-bond donors (Lipinski definition) is 2. The number of carbonyl (C=O) groups is 3. The van der Waals surface area contributed by atoms with Gasteiger partial charge in [0.15, 0.2) is 0 Å². The molecule has 0 spiro atoms. The SMILES string of the molecule is Cc1ccc(C(=O)N[C@@H](C(=O)NCC(=O)OCc2ccccc2)C(C)C)cc1. The predicted molar refractivity (Wildman–Crippen MR) is 107 cm³/mol. The summed E-state index contributed by atoms with van der Waals surface area (Å²) in [6, 6.07) is 15.6. The molecule has 0 bridgehead atoms. The minimum absolute atomic E-state index is 0.144. The molecule has 2 aromatic carbocycles. The van der Waals surface area contributed by atoms with Crippen molar-refractivity contribution in [3.05, 3.63) is 71.3 Å². The standard InChI is InChI=1S/C22H26N2O4/c1-15(2)20(24-21(26)18-11-9-16(3)10-12-18)22(27)23-13-19(25)28-14-17-7-5-4-6-8-17/h4-12,15,20H,13-14H2,1-3H3,(H,23,27)(H,24,26)/t20-/m1/s1. The van der Waals surface area contributed by atoms with Crippen LogP contribution in [0, 0.1) is 12.8 Å². The Hall–Kier alpha value is -3.15. The van der Waals surface area contributed by atoms with Gasteiger partial charge in [0, 0.05) is 5.56 Å². The number of carbonyl (C=O) groups excluding carboxylic acids is 3. The highest BCUT2D eigenvalue weighted by molar-refractivity contribution is 5.98. The fraction of sp³-hybridized carbons (Fsp3) is 0.318. The van der Waals surface area contributed by atoms with Crippen LogP contribution in [0.1, 0.15) is 35.3 Å². The lowest BCUT2D eigenvalue weighted by atomic mass is 10.0. The van der Waals surface area contributed by atoms with E-state index in [9.17, 15) is 14.4 Å². The Kier molecular flexibility index (Phi) is 7.75. The van der Waals surface area contributed by atoms with Crippen LogP contribution in [-0.4, -0.2) is 30.4 Å². The van der Waals surface area contributed by atoms with E-state index in [2.05, 4.69) is 10.6 Å². The molecule has 0 aliphatic carbocycles. The Balaban J connectivity index is 1.85. The molecule has 148 valence electrons. The number of benzene rings is 2. The van der Waals surface area contributed by atoms with Crippen molar-refractivity contribution < 1.29 is 19.1 Å². The molecule has 0 fully saturated rings. The summed E-state index contributed by atoms with van der Waals surface area (Å²) in [5.74, 6) is -1.44. The van der Waals surface area contributed by atoms with Crippen molar-refractivity contribution in [2.45, 2.75) is 33.4 Å². The lowest BCUT2D eigenvalue weighted by Crippen LogP contribution is -2.50. The second-order valence-electron chi connectivity index (χ2n) is 6.93. The van der Waals surface area contributed by atoms with Gasteiger partial charge in [-0.2, -0.15) is 0 Å². The van der Waals surface area contributed by atoms with Crippen LogP contribution in [0.5, 0.6) is 0 Å². The number of nitrogens with one attached hydrogen (secondary N) is 2. The molecule has 0 heterocycles. The fourth-order valence-corrected chi connectivity index (χ4v) is 2.52. The van der Waals surface area contributed by atoms with Crippen LogP contribution in [0.25, 0.3) is 0 Å². The van der Waals surface area contributed by atoms with Crippen LogP contribution in [0.15, 0.2) is 54.6 Å². The van der Waals surface area contributed by atoms with E-state index in [0.29, 0.717) is 5.56 Å². The van der Waals surface area contributed by atoms with Gasteiger partial charge in [0.2, 0.25) is 5.91 Å². The fourth-order valence-electron chi connectivity index (χ4n) is 2.52. The molecule has 28 heavy (non-hydrogen) atoms. The number of ether oxygens (including phenoxy) is 1. The zero-order valence-corrected chi connectivity index (χ0v) is 16.4. The molecule has 0 saturated carbocycles. The van der Waals surface area contributed by atoms with Crippen LogP contribution in [0.3, 0.4) is 0 Å². The summed E-state index contributed by atoms with van der Waals surface area (Å²) in [6.07, 6.45) is 0. The van der Waals surface area contributed by atoms with Gasteiger partial charge in [-0.3, -0.25) is 14.4 Å². The molecular formula is C22H26N2O4. The van der Waals surface area contributed by atoms with E-state index in [0.717, 1.165) is 11.1 Å². The van der Waals surface area contributed by atoms with Crippen LogP contribution in [0.2, 0.25) is 0 Å². The molecule has 2 amide bonds. The Morgan fingerprint density at radius 2 is 1.61 bits per heavy atom. The molecule has 2 N–H and O–H groups in total. The molecule has 0 saturated heterocycles. The third-order valence-corrected chi connectivity index (χ3v) is 4.20. The topological polar surface area (TPSA) is 84.5 Å². The van der Waals surface area contributed by atoms with Crippen molar-refractivity contribution in [3.8, 4) is 0 Å². The zero-order chi connectivity index (χ0) is 20.5. The largest absolute Gasteiger partial charge is 0.460 e. The zero-order valence-electron chi connectivity index (χ0n) is 16.4. The maximum atomic E-state index is 12.5. The van der Waals surface area contributed by atoms with Gasteiger partial charge < -0.3 is 15.4 Å². The van der Waals surface area contributed by atoms with Gasteiger partial charge in [0.05, 0.1) is 0 Å². The van der Waals surface area contributed by atoms with E-state index < -0.39 is 17.9 Å². The maximum absolute atomic E-state index is 12.5. The first-order chi connectivity index (χ1) is 13.4. The smallest absolute Gasteiger partial charge is 0.325 e. The Morgan fingerprint density at radius 1 is 0.964 bits per heavy atom. The maximum Gasteiger partial charge on any atom is 0.325 e. The normalized spacial score (nSPS) is 11.6. The van der Waals surface area contributed by atoms with Gasteiger partial charge >= 0.3 is 5.97 Å². The summed E-state index contributed by atoms with van der Waals surface area (Å²) in [7, 11) is 0. The molecule has 0 radical (unpaired) electrons. The quantitative estimate of drug-likeness (QED) is 0.688. The first-order valence-corrected chi connectivity index (χ1v) is 9.21. The van der Waals surface area contributed by atoms with Crippen LogP contribution in [-0.2, 0) is 20.9 Å². The van der Waals surface area contributed by atoms with Gasteiger partial charge in [-0.05, 0) is 30.5 Å². The lowest BCUT2D eigenvalue weighted by molar-refractivity contribution is -0.145. The van der Waals surface area contributed by atoms with Crippen molar-refractivity contribution in [2.24, 2.45) is 5.92 Å². The van der Waals surface area contributed by atoms with E-state index in [1.54, 1.807) is 12.1 Å². The minimum Gasteiger partial charge on any atom is -0.460 e. The summed E-state index contributed by atoms with van der Waals surface area (Å²) >= 11 is 0. The van der Waals surface area contributed by atoms with Crippen LogP contribution < -0.4 is 10.6 Å². The second kappa shape index (κ2) is 10.3. The molecule has 6 heteroatoms. The van der Waals surface area contributed by atoms with Crippen LogP contribution >= 0.6 is 0 Å². The Morgan fingerprint density at radius 3 is 2.21 bits per heavy atom. The van der Waals surface area contributed by atoms with E-state index in [-0.39, 0.29) is 25.0 Å². The number of esters is 1. The minimum atomic E-state index is -0.754. The van der Waals surface area contributed by atoms with Crippen molar-refractivity contribution in [1.82, 2.24) is 10.6 Å². The van der Waals surface area contributed by atoms with Crippen LogP contribution in [0.4, 0.5) is 0 Å². The van der Waals surface area contributed by atoms with Gasteiger partial charge in [0.25, 0.3) is 5.91 Å². The van der Waals surface area contributed by atoms with E-state index in [1.807, 2.05) is 63.2 Å². The van der Waals surface area contributed by atoms with E-state index >= 15 is 0 Å². The predicted octanol–water partition coefficient (Wildman–Crippen LogP) is 2.61. The van der Waals surface area contributed by atoms with Gasteiger partial charge in [-0.25, -0.2) is 0 Å². The Bertz CT molecular complexity index is 801. The Labute approximate surface area is 165 Å². The van der Waals surface area contributed by atoms with E-state index in [4.69, 9.17) is 4.74 Å². The third kappa shape index (κ3) is 6.54. The average molecular weight is 382 g/mol. The molecule has 2 rings (SSSR count). The molecule has 1 atom stereocenters. The molecule has 2 aromatic rings. The molecule has 0 aliphatic heterocycles. The monoisotopic (exact) mass is 382 g/mol. The number of aryl methyl sites for hydroxylation is 1.